The fourth-order valence-corrected chi connectivity index (χ4v) is 3.03. The molecule has 0 saturated carbocycles. The van der Waals surface area contributed by atoms with Crippen LogP contribution >= 0.6 is 11.6 Å². The highest BCUT2D eigenvalue weighted by molar-refractivity contribution is 6.31. The molecule has 1 unspecified atom stereocenters. The van der Waals surface area contributed by atoms with Crippen molar-refractivity contribution >= 4 is 17.3 Å². The van der Waals surface area contributed by atoms with Gasteiger partial charge in [0, 0.05) is 35.9 Å². The summed E-state index contributed by atoms with van der Waals surface area (Å²) in [5, 5.41) is 4.36. The van der Waals surface area contributed by atoms with Crippen LogP contribution in [0.5, 0.6) is 0 Å². The number of hydrogen-bond donors (Lipinski definition) is 1. The van der Waals surface area contributed by atoms with Crippen LogP contribution < -0.4 is 10.2 Å². The maximum atomic E-state index is 6.39. The third-order valence-corrected chi connectivity index (χ3v) is 4.38. The van der Waals surface area contributed by atoms with Gasteiger partial charge in [-0.3, -0.25) is 0 Å². The summed E-state index contributed by atoms with van der Waals surface area (Å²) in [6.07, 6.45) is 3.74. The summed E-state index contributed by atoms with van der Waals surface area (Å²) in [4.78, 5) is 2.50. The molecule has 1 saturated heterocycles. The lowest BCUT2D eigenvalue weighted by atomic mass is 10.1. The molecule has 1 N–H and O–H groups in total. The SMILES string of the molecule is CCCNCc1c(Cl)cccc1N1CCC(CC)C1. The number of anilines is 1. The fourth-order valence-electron chi connectivity index (χ4n) is 2.79. The van der Waals surface area contributed by atoms with Crippen molar-refractivity contribution in [2.24, 2.45) is 5.92 Å². The molecular weight excluding hydrogens is 256 g/mol. The summed E-state index contributed by atoms with van der Waals surface area (Å²) in [5.41, 5.74) is 2.58. The van der Waals surface area contributed by atoms with Crippen molar-refractivity contribution in [3.63, 3.8) is 0 Å². The minimum Gasteiger partial charge on any atom is -0.371 e. The van der Waals surface area contributed by atoms with Crippen LogP contribution in [0.15, 0.2) is 18.2 Å². The largest absolute Gasteiger partial charge is 0.371 e. The Labute approximate surface area is 122 Å². The van der Waals surface area contributed by atoms with Crippen molar-refractivity contribution in [2.75, 3.05) is 24.5 Å². The molecule has 0 aromatic heterocycles. The van der Waals surface area contributed by atoms with E-state index in [0.29, 0.717) is 0 Å². The Morgan fingerprint density at radius 2 is 2.21 bits per heavy atom. The molecule has 19 heavy (non-hydrogen) atoms. The zero-order valence-corrected chi connectivity index (χ0v) is 12.8. The van der Waals surface area contributed by atoms with E-state index in [9.17, 15) is 0 Å². The van der Waals surface area contributed by atoms with Gasteiger partial charge in [0.2, 0.25) is 0 Å². The Bertz CT molecular complexity index is 406. The van der Waals surface area contributed by atoms with E-state index < -0.39 is 0 Å². The van der Waals surface area contributed by atoms with Crippen LogP contribution in [0.25, 0.3) is 0 Å². The average molecular weight is 281 g/mol. The summed E-state index contributed by atoms with van der Waals surface area (Å²) in [7, 11) is 0. The number of halogens is 1. The predicted molar refractivity (Wildman–Crippen MR) is 84.1 cm³/mol. The van der Waals surface area contributed by atoms with Crippen LogP contribution in [-0.2, 0) is 6.54 Å². The third kappa shape index (κ3) is 3.64. The number of benzene rings is 1. The van der Waals surface area contributed by atoms with E-state index in [1.165, 1.54) is 37.2 Å². The van der Waals surface area contributed by atoms with E-state index in [1.807, 2.05) is 6.07 Å². The fraction of sp³-hybridized carbons (Fsp3) is 0.625. The summed E-state index contributed by atoms with van der Waals surface area (Å²) in [6.45, 7) is 8.73. The molecule has 1 atom stereocenters. The van der Waals surface area contributed by atoms with E-state index in [4.69, 9.17) is 11.6 Å². The molecule has 2 rings (SSSR count). The molecule has 106 valence electrons. The van der Waals surface area contributed by atoms with Crippen LogP contribution in [0.3, 0.4) is 0 Å². The van der Waals surface area contributed by atoms with Crippen LogP contribution in [0.4, 0.5) is 5.69 Å². The van der Waals surface area contributed by atoms with E-state index in [2.05, 4.69) is 36.2 Å². The van der Waals surface area contributed by atoms with Crippen LogP contribution in [0.1, 0.15) is 38.7 Å². The first-order valence-corrected chi connectivity index (χ1v) is 7.87. The third-order valence-electron chi connectivity index (χ3n) is 4.03. The Morgan fingerprint density at radius 3 is 2.89 bits per heavy atom. The number of nitrogens with zero attached hydrogens (tertiary/aromatic N) is 1. The lowest BCUT2D eigenvalue weighted by Crippen LogP contribution is -2.23. The van der Waals surface area contributed by atoms with Crippen molar-refractivity contribution in [3.05, 3.63) is 28.8 Å². The zero-order valence-electron chi connectivity index (χ0n) is 12.1. The maximum Gasteiger partial charge on any atom is 0.0471 e. The van der Waals surface area contributed by atoms with E-state index >= 15 is 0 Å². The summed E-state index contributed by atoms with van der Waals surface area (Å²) in [5.74, 6) is 0.843. The molecule has 2 nitrogen and oxygen atoms in total. The van der Waals surface area contributed by atoms with Gasteiger partial charge in [-0.1, -0.05) is 37.9 Å². The highest BCUT2D eigenvalue weighted by Crippen LogP contribution is 2.32. The molecule has 0 radical (unpaired) electrons. The van der Waals surface area contributed by atoms with Gasteiger partial charge < -0.3 is 10.2 Å². The highest BCUT2D eigenvalue weighted by atomic mass is 35.5. The first kappa shape index (κ1) is 14.7. The Kier molecular flexibility index (Phi) is 5.53. The van der Waals surface area contributed by atoms with Gasteiger partial charge in [0.05, 0.1) is 0 Å². The summed E-state index contributed by atoms with van der Waals surface area (Å²) in [6, 6.07) is 6.29. The minimum atomic E-state index is 0.843. The van der Waals surface area contributed by atoms with Gasteiger partial charge in [0.25, 0.3) is 0 Å². The zero-order chi connectivity index (χ0) is 13.7. The lowest BCUT2D eigenvalue weighted by Gasteiger charge is -2.23. The van der Waals surface area contributed by atoms with Crippen LogP contribution in [0.2, 0.25) is 5.02 Å². The molecule has 1 aliphatic heterocycles. The molecule has 1 aromatic rings. The van der Waals surface area contributed by atoms with E-state index in [-0.39, 0.29) is 0 Å². The maximum absolute atomic E-state index is 6.39. The van der Waals surface area contributed by atoms with Crippen molar-refractivity contribution in [1.29, 1.82) is 0 Å². The number of hydrogen-bond acceptors (Lipinski definition) is 2. The second-order valence-electron chi connectivity index (χ2n) is 5.42. The van der Waals surface area contributed by atoms with Crippen LogP contribution in [0, 0.1) is 5.92 Å². The predicted octanol–water partition coefficient (Wildman–Crippen LogP) is 4.08. The Balaban J connectivity index is 2.13. The number of nitrogens with one attached hydrogen (secondary N) is 1. The van der Waals surface area contributed by atoms with Gasteiger partial charge in [0.1, 0.15) is 0 Å². The molecule has 1 fully saturated rings. The van der Waals surface area contributed by atoms with Crippen molar-refractivity contribution in [3.8, 4) is 0 Å². The van der Waals surface area contributed by atoms with Crippen molar-refractivity contribution in [1.82, 2.24) is 5.32 Å². The second-order valence-corrected chi connectivity index (χ2v) is 5.83. The first-order valence-electron chi connectivity index (χ1n) is 7.49. The van der Waals surface area contributed by atoms with E-state index in [1.54, 1.807) is 0 Å². The van der Waals surface area contributed by atoms with Gasteiger partial charge >= 0.3 is 0 Å². The summed E-state index contributed by atoms with van der Waals surface area (Å²) >= 11 is 6.39. The molecule has 3 heteroatoms. The second kappa shape index (κ2) is 7.16. The van der Waals surface area contributed by atoms with Gasteiger partial charge in [0.15, 0.2) is 0 Å². The molecule has 0 aliphatic carbocycles. The molecule has 1 aromatic carbocycles. The molecule has 1 heterocycles. The molecule has 0 bridgehead atoms. The van der Waals surface area contributed by atoms with Crippen LogP contribution in [-0.4, -0.2) is 19.6 Å². The average Bonchev–Trinajstić information content (AvgIpc) is 2.89. The standard InChI is InChI=1S/C16H25ClN2/c1-3-9-18-11-14-15(17)6-5-7-16(14)19-10-8-13(4-2)12-19/h5-7,13,18H,3-4,8-12H2,1-2H3. The van der Waals surface area contributed by atoms with Gasteiger partial charge in [-0.25, -0.2) is 0 Å². The topological polar surface area (TPSA) is 15.3 Å². The monoisotopic (exact) mass is 280 g/mol. The van der Waals surface area contributed by atoms with E-state index in [0.717, 1.165) is 30.5 Å². The minimum absolute atomic E-state index is 0.843. The van der Waals surface area contributed by atoms with Gasteiger partial charge in [-0.05, 0) is 37.4 Å². The Hall–Kier alpha value is -0.730. The lowest BCUT2D eigenvalue weighted by molar-refractivity contribution is 0.569. The Morgan fingerprint density at radius 1 is 1.37 bits per heavy atom. The molecule has 1 aliphatic rings. The molecule has 0 amide bonds. The highest BCUT2D eigenvalue weighted by Gasteiger charge is 2.23. The first-order chi connectivity index (χ1) is 9.26. The van der Waals surface area contributed by atoms with Crippen molar-refractivity contribution in [2.45, 2.75) is 39.7 Å². The smallest absolute Gasteiger partial charge is 0.0471 e. The number of rotatable bonds is 6. The van der Waals surface area contributed by atoms with Crippen molar-refractivity contribution < 1.29 is 0 Å². The van der Waals surface area contributed by atoms with Gasteiger partial charge in [-0.15, -0.1) is 0 Å². The van der Waals surface area contributed by atoms with Gasteiger partial charge in [-0.2, -0.15) is 0 Å². The normalized spacial score (nSPS) is 19.1. The summed E-state index contributed by atoms with van der Waals surface area (Å²) < 4.78 is 0. The molecule has 0 spiro atoms. The molecular formula is C16H25ClN2. The quantitative estimate of drug-likeness (QED) is 0.790.